The molecule has 0 bridgehead atoms. The number of nitrogens with zero attached hydrogens (tertiary/aromatic N) is 4. The van der Waals surface area contributed by atoms with Crippen molar-refractivity contribution < 1.29 is 14.4 Å². The number of aromatic nitrogens is 3. The molecular weight excluding hydrogens is 512 g/mol. The molecule has 1 aliphatic heterocycles. The first kappa shape index (κ1) is 24.1. The summed E-state index contributed by atoms with van der Waals surface area (Å²) in [6, 6.07) is 5.33. The maximum atomic E-state index is 13.2. The van der Waals surface area contributed by atoms with Crippen LogP contribution in [0.3, 0.4) is 0 Å². The van der Waals surface area contributed by atoms with E-state index in [-0.39, 0.29) is 23.6 Å². The predicted octanol–water partition coefficient (Wildman–Crippen LogP) is 3.92. The molecule has 2 aliphatic carbocycles. The summed E-state index contributed by atoms with van der Waals surface area (Å²) in [5.74, 6) is -0.282. The largest absolute Gasteiger partial charge is 0.369 e. The van der Waals surface area contributed by atoms with Crippen LogP contribution < -0.4 is 11.1 Å². The number of hydrogen-bond donors (Lipinski definition) is 2. The number of piperidine rings is 1. The molecule has 2 fully saturated rings. The minimum absolute atomic E-state index is 0.109. The van der Waals surface area contributed by atoms with E-state index >= 15 is 0 Å². The van der Waals surface area contributed by atoms with Gasteiger partial charge in [-0.2, -0.15) is 5.10 Å². The molecule has 6 rings (SSSR count). The molecule has 0 spiro atoms. The quantitative estimate of drug-likeness (QED) is 0.509. The van der Waals surface area contributed by atoms with Gasteiger partial charge in [0.2, 0.25) is 11.8 Å². The van der Waals surface area contributed by atoms with E-state index in [1.54, 1.807) is 17.0 Å². The molecular formula is C26H27ClN6O3S. The highest BCUT2D eigenvalue weighted by atomic mass is 35.5. The zero-order valence-electron chi connectivity index (χ0n) is 20.4. The van der Waals surface area contributed by atoms with Crippen molar-refractivity contribution in [1.82, 2.24) is 19.7 Å². The highest BCUT2D eigenvalue weighted by Crippen LogP contribution is 2.48. The average molecular weight is 539 g/mol. The number of halogens is 1. The third kappa shape index (κ3) is 4.42. The second-order valence-electron chi connectivity index (χ2n) is 10.0. The fraction of sp³-hybridized carbons (Fsp3) is 0.423. The van der Waals surface area contributed by atoms with Crippen LogP contribution in [0.25, 0.3) is 16.3 Å². The van der Waals surface area contributed by atoms with E-state index < -0.39 is 0 Å². The van der Waals surface area contributed by atoms with E-state index in [0.717, 1.165) is 47.6 Å². The van der Waals surface area contributed by atoms with Crippen LogP contribution in [0.15, 0.2) is 18.2 Å². The number of hydrogen-bond acceptors (Lipinski definition) is 6. The molecule has 0 unspecified atom stereocenters. The Kier molecular flexibility index (Phi) is 6.03. The normalized spacial score (nSPS) is 17.3. The first-order valence-electron chi connectivity index (χ1n) is 12.6. The van der Waals surface area contributed by atoms with E-state index in [1.807, 2.05) is 10.7 Å². The fourth-order valence-electron chi connectivity index (χ4n) is 5.32. The fourth-order valence-corrected chi connectivity index (χ4v) is 6.70. The number of carbonyl (C=O) groups is 3. The summed E-state index contributed by atoms with van der Waals surface area (Å²) in [5.41, 5.74) is 10.9. The van der Waals surface area contributed by atoms with Crippen molar-refractivity contribution >= 4 is 45.8 Å². The van der Waals surface area contributed by atoms with Crippen LogP contribution in [-0.2, 0) is 22.4 Å². The van der Waals surface area contributed by atoms with Crippen LogP contribution in [-0.4, -0.2) is 50.5 Å². The molecule has 0 atom stereocenters. The number of nitrogens with two attached hydrogens (primary N) is 1. The molecule has 3 amide bonds. The van der Waals surface area contributed by atoms with Gasteiger partial charge in [0.15, 0.2) is 5.13 Å². The highest BCUT2D eigenvalue weighted by Gasteiger charge is 2.36. The molecule has 1 saturated heterocycles. The summed E-state index contributed by atoms with van der Waals surface area (Å²) < 4.78 is 1.89. The van der Waals surface area contributed by atoms with Crippen LogP contribution in [0.1, 0.15) is 65.8 Å². The molecule has 192 valence electrons. The lowest BCUT2D eigenvalue weighted by Gasteiger charge is -2.30. The number of benzene rings is 1. The molecule has 3 aromatic rings. The summed E-state index contributed by atoms with van der Waals surface area (Å²) >= 11 is 8.25. The third-order valence-electron chi connectivity index (χ3n) is 7.39. The SMILES string of the molecule is CC(=O)Nc1nc2c(s1)-c1c(c(C3CC3)nn1-c1ccc(C(=O)N3CCC(C(N)=O)CC3)cc1Cl)CC2. The van der Waals surface area contributed by atoms with Gasteiger partial charge in [-0.25, -0.2) is 9.67 Å². The summed E-state index contributed by atoms with van der Waals surface area (Å²) in [6.07, 6.45) is 5.06. The number of carbonyl (C=O) groups excluding carboxylic acids is 3. The molecule has 1 aromatic carbocycles. The van der Waals surface area contributed by atoms with Gasteiger partial charge < -0.3 is 16.0 Å². The second kappa shape index (κ2) is 9.25. The number of rotatable bonds is 5. The van der Waals surface area contributed by atoms with Crippen LogP contribution in [0.4, 0.5) is 5.13 Å². The lowest BCUT2D eigenvalue weighted by molar-refractivity contribution is -0.123. The van der Waals surface area contributed by atoms with E-state index in [9.17, 15) is 14.4 Å². The Hall–Kier alpha value is -3.24. The number of likely N-dealkylation sites (tertiary alicyclic amines) is 1. The first-order valence-corrected chi connectivity index (χ1v) is 13.8. The Labute approximate surface area is 223 Å². The van der Waals surface area contributed by atoms with Crippen molar-refractivity contribution in [2.45, 2.75) is 51.4 Å². The monoisotopic (exact) mass is 538 g/mol. The van der Waals surface area contributed by atoms with Gasteiger partial charge in [0.25, 0.3) is 5.91 Å². The van der Waals surface area contributed by atoms with Crippen molar-refractivity contribution in [2.75, 3.05) is 18.4 Å². The molecule has 37 heavy (non-hydrogen) atoms. The topological polar surface area (TPSA) is 123 Å². The standard InChI is InChI=1S/C26H27ClN6O3S/c1-13(34)29-26-30-19-6-5-17-21(14-2-3-14)31-33(22(17)23(19)37-26)20-7-4-16(12-18(20)27)25(36)32-10-8-15(9-11-32)24(28)35/h4,7,12,14-15H,2-3,5-6,8-11H2,1H3,(H2,28,35)(H,29,30,34). The average Bonchev–Trinajstić information content (AvgIpc) is 3.52. The number of nitrogens with one attached hydrogen (secondary N) is 1. The molecule has 0 radical (unpaired) electrons. The molecule has 11 heteroatoms. The molecule has 9 nitrogen and oxygen atoms in total. The van der Waals surface area contributed by atoms with Gasteiger partial charge in [0.05, 0.1) is 32.7 Å². The number of anilines is 1. The van der Waals surface area contributed by atoms with Crippen molar-refractivity contribution in [3.63, 3.8) is 0 Å². The maximum Gasteiger partial charge on any atom is 0.253 e. The van der Waals surface area contributed by atoms with Gasteiger partial charge in [-0.1, -0.05) is 22.9 Å². The van der Waals surface area contributed by atoms with Gasteiger partial charge >= 0.3 is 0 Å². The highest BCUT2D eigenvalue weighted by molar-refractivity contribution is 7.19. The summed E-state index contributed by atoms with van der Waals surface area (Å²) in [4.78, 5) is 43.6. The zero-order valence-corrected chi connectivity index (χ0v) is 22.0. The van der Waals surface area contributed by atoms with Crippen molar-refractivity contribution in [3.05, 3.63) is 45.7 Å². The van der Waals surface area contributed by atoms with Gasteiger partial charge in [-0.3, -0.25) is 14.4 Å². The van der Waals surface area contributed by atoms with Crippen molar-refractivity contribution in [3.8, 4) is 16.3 Å². The number of primary amides is 1. The Morgan fingerprint density at radius 1 is 1.14 bits per heavy atom. The Morgan fingerprint density at radius 2 is 1.89 bits per heavy atom. The van der Waals surface area contributed by atoms with Crippen LogP contribution in [0, 0.1) is 5.92 Å². The van der Waals surface area contributed by atoms with Gasteiger partial charge in [-0.15, -0.1) is 0 Å². The van der Waals surface area contributed by atoms with Crippen molar-refractivity contribution in [2.24, 2.45) is 11.7 Å². The Bertz CT molecular complexity index is 1430. The zero-order chi connectivity index (χ0) is 25.8. The lowest BCUT2D eigenvalue weighted by atomic mass is 9.95. The maximum absolute atomic E-state index is 13.2. The lowest BCUT2D eigenvalue weighted by Crippen LogP contribution is -2.41. The van der Waals surface area contributed by atoms with E-state index in [0.29, 0.717) is 53.3 Å². The Balaban J connectivity index is 1.34. The third-order valence-corrected chi connectivity index (χ3v) is 8.72. The minimum Gasteiger partial charge on any atom is -0.369 e. The van der Waals surface area contributed by atoms with Gasteiger partial charge in [-0.05, 0) is 56.7 Å². The number of fused-ring (bicyclic) bond motifs is 3. The van der Waals surface area contributed by atoms with Gasteiger partial charge in [0, 0.05) is 43.0 Å². The van der Waals surface area contributed by atoms with E-state index in [1.165, 1.54) is 23.8 Å². The van der Waals surface area contributed by atoms with Crippen LogP contribution in [0.2, 0.25) is 5.02 Å². The molecule has 3 N–H and O–H groups in total. The number of thiazole rings is 1. The second-order valence-corrected chi connectivity index (χ2v) is 11.4. The minimum atomic E-state index is -0.305. The van der Waals surface area contributed by atoms with E-state index in [2.05, 4.69) is 10.3 Å². The number of amides is 3. The van der Waals surface area contributed by atoms with Gasteiger partial charge in [0.1, 0.15) is 0 Å². The molecule has 1 saturated carbocycles. The summed E-state index contributed by atoms with van der Waals surface area (Å²) in [6.45, 7) is 2.46. The predicted molar refractivity (Wildman–Crippen MR) is 141 cm³/mol. The van der Waals surface area contributed by atoms with Crippen LogP contribution >= 0.6 is 22.9 Å². The molecule has 2 aromatic heterocycles. The van der Waals surface area contributed by atoms with Crippen LogP contribution in [0.5, 0.6) is 0 Å². The van der Waals surface area contributed by atoms with E-state index in [4.69, 9.17) is 22.4 Å². The number of aryl methyl sites for hydroxylation is 1. The Morgan fingerprint density at radius 3 is 2.54 bits per heavy atom. The molecule has 3 aliphatic rings. The smallest absolute Gasteiger partial charge is 0.253 e. The summed E-state index contributed by atoms with van der Waals surface area (Å²) in [5, 5.41) is 8.85. The molecule has 3 heterocycles. The summed E-state index contributed by atoms with van der Waals surface area (Å²) in [7, 11) is 0. The first-order chi connectivity index (χ1) is 17.8. The van der Waals surface area contributed by atoms with Crippen molar-refractivity contribution in [1.29, 1.82) is 0 Å².